The van der Waals surface area contributed by atoms with Crippen molar-refractivity contribution in [1.29, 1.82) is 0 Å². The molecule has 4 rings (SSSR count). The monoisotopic (exact) mass is 343 g/mol. The third-order valence-corrected chi connectivity index (χ3v) is 5.67. The SMILES string of the molecule is c1nc(-c2ccc(N3CCC(N[C@H]4CCCOC4)CC3)cc2)cs1. The number of anilines is 1. The fourth-order valence-corrected chi connectivity index (χ4v) is 4.27. The van der Waals surface area contributed by atoms with Crippen molar-refractivity contribution in [3.05, 3.63) is 35.2 Å². The molecule has 5 heteroatoms. The number of ether oxygens (including phenoxy) is 1. The predicted octanol–water partition coefficient (Wildman–Crippen LogP) is 3.55. The maximum atomic E-state index is 5.58. The van der Waals surface area contributed by atoms with Crippen LogP contribution in [-0.2, 0) is 4.74 Å². The van der Waals surface area contributed by atoms with Gasteiger partial charge in [-0.05, 0) is 37.8 Å². The van der Waals surface area contributed by atoms with Crippen LogP contribution in [-0.4, -0.2) is 43.4 Å². The molecular weight excluding hydrogens is 318 g/mol. The summed E-state index contributed by atoms with van der Waals surface area (Å²) in [4.78, 5) is 6.88. The third kappa shape index (κ3) is 3.79. The normalized spacial score (nSPS) is 22.7. The second kappa shape index (κ2) is 7.64. The molecule has 2 saturated heterocycles. The lowest BCUT2D eigenvalue weighted by Crippen LogP contribution is -2.48. The Kier molecular flexibility index (Phi) is 5.11. The average molecular weight is 343 g/mol. The van der Waals surface area contributed by atoms with Crippen molar-refractivity contribution in [1.82, 2.24) is 10.3 Å². The largest absolute Gasteiger partial charge is 0.380 e. The van der Waals surface area contributed by atoms with Crippen LogP contribution in [0.4, 0.5) is 5.69 Å². The first-order valence-electron chi connectivity index (χ1n) is 8.96. The third-order valence-electron chi connectivity index (χ3n) is 5.09. The van der Waals surface area contributed by atoms with Crippen LogP contribution in [0.1, 0.15) is 25.7 Å². The predicted molar refractivity (Wildman–Crippen MR) is 99.8 cm³/mol. The van der Waals surface area contributed by atoms with Crippen LogP contribution >= 0.6 is 11.3 Å². The molecule has 4 nitrogen and oxygen atoms in total. The zero-order valence-electron chi connectivity index (χ0n) is 14.0. The van der Waals surface area contributed by atoms with Gasteiger partial charge in [-0.3, -0.25) is 0 Å². The summed E-state index contributed by atoms with van der Waals surface area (Å²) in [5, 5.41) is 5.90. The summed E-state index contributed by atoms with van der Waals surface area (Å²) in [5.74, 6) is 0. The van der Waals surface area contributed by atoms with Gasteiger partial charge >= 0.3 is 0 Å². The number of rotatable bonds is 4. The van der Waals surface area contributed by atoms with Crippen molar-refractivity contribution in [3.63, 3.8) is 0 Å². The van der Waals surface area contributed by atoms with Gasteiger partial charge < -0.3 is 15.0 Å². The van der Waals surface area contributed by atoms with Gasteiger partial charge in [-0.15, -0.1) is 11.3 Å². The van der Waals surface area contributed by atoms with E-state index >= 15 is 0 Å². The van der Waals surface area contributed by atoms with Gasteiger partial charge in [0.1, 0.15) is 0 Å². The number of hydrogen-bond acceptors (Lipinski definition) is 5. The highest BCUT2D eigenvalue weighted by Gasteiger charge is 2.23. The van der Waals surface area contributed by atoms with E-state index < -0.39 is 0 Å². The van der Waals surface area contributed by atoms with Crippen LogP contribution in [0.15, 0.2) is 35.2 Å². The second-order valence-corrected chi connectivity index (χ2v) is 7.48. The van der Waals surface area contributed by atoms with Crippen LogP contribution in [0.5, 0.6) is 0 Å². The van der Waals surface area contributed by atoms with Gasteiger partial charge in [0.2, 0.25) is 0 Å². The lowest BCUT2D eigenvalue weighted by molar-refractivity contribution is 0.0650. The van der Waals surface area contributed by atoms with E-state index in [9.17, 15) is 0 Å². The van der Waals surface area contributed by atoms with E-state index in [0.717, 1.165) is 32.0 Å². The summed E-state index contributed by atoms with van der Waals surface area (Å²) in [6.07, 6.45) is 4.88. The van der Waals surface area contributed by atoms with E-state index in [1.165, 1.54) is 36.9 Å². The van der Waals surface area contributed by atoms with Gasteiger partial charge in [-0.2, -0.15) is 0 Å². The smallest absolute Gasteiger partial charge is 0.0811 e. The first-order valence-corrected chi connectivity index (χ1v) is 9.90. The molecule has 0 aliphatic carbocycles. The second-order valence-electron chi connectivity index (χ2n) is 6.76. The van der Waals surface area contributed by atoms with Gasteiger partial charge in [0.05, 0.1) is 17.8 Å². The highest BCUT2D eigenvalue weighted by molar-refractivity contribution is 7.07. The maximum Gasteiger partial charge on any atom is 0.0811 e. The molecule has 0 bridgehead atoms. The summed E-state index contributed by atoms with van der Waals surface area (Å²) in [5.41, 5.74) is 5.49. The molecule has 0 spiro atoms. The van der Waals surface area contributed by atoms with Crippen LogP contribution in [0, 0.1) is 0 Å². The Balaban J connectivity index is 1.30. The summed E-state index contributed by atoms with van der Waals surface area (Å²) < 4.78 is 5.58. The Morgan fingerprint density at radius 2 is 1.92 bits per heavy atom. The van der Waals surface area contributed by atoms with Crippen molar-refractivity contribution in [2.75, 3.05) is 31.2 Å². The molecule has 2 fully saturated rings. The molecule has 24 heavy (non-hydrogen) atoms. The number of piperidine rings is 1. The Hall–Kier alpha value is -1.43. The molecule has 1 N–H and O–H groups in total. The van der Waals surface area contributed by atoms with Crippen molar-refractivity contribution >= 4 is 17.0 Å². The van der Waals surface area contributed by atoms with Crippen molar-refractivity contribution < 1.29 is 4.74 Å². The molecule has 1 aromatic carbocycles. The molecule has 0 saturated carbocycles. The van der Waals surface area contributed by atoms with Crippen LogP contribution in [0.25, 0.3) is 11.3 Å². The molecular formula is C19H25N3OS. The quantitative estimate of drug-likeness (QED) is 0.921. The minimum Gasteiger partial charge on any atom is -0.380 e. The van der Waals surface area contributed by atoms with E-state index in [2.05, 4.69) is 44.8 Å². The van der Waals surface area contributed by atoms with E-state index in [1.54, 1.807) is 11.3 Å². The lowest BCUT2D eigenvalue weighted by atomic mass is 10.0. The van der Waals surface area contributed by atoms with Gasteiger partial charge in [0.15, 0.2) is 0 Å². The Bertz CT molecular complexity index is 615. The number of hydrogen-bond donors (Lipinski definition) is 1. The van der Waals surface area contributed by atoms with Gasteiger partial charge in [0.25, 0.3) is 0 Å². The van der Waals surface area contributed by atoms with Gasteiger partial charge in [-0.1, -0.05) is 12.1 Å². The van der Waals surface area contributed by atoms with E-state index in [0.29, 0.717) is 12.1 Å². The molecule has 0 unspecified atom stereocenters. The van der Waals surface area contributed by atoms with E-state index in [4.69, 9.17) is 4.74 Å². The van der Waals surface area contributed by atoms with Crippen molar-refractivity contribution in [2.45, 2.75) is 37.8 Å². The highest BCUT2D eigenvalue weighted by atomic mass is 32.1. The zero-order valence-corrected chi connectivity index (χ0v) is 14.8. The fourth-order valence-electron chi connectivity index (χ4n) is 3.71. The van der Waals surface area contributed by atoms with Crippen molar-refractivity contribution in [2.24, 2.45) is 0 Å². The Labute approximate surface area is 147 Å². The summed E-state index contributed by atoms with van der Waals surface area (Å²) >= 11 is 1.64. The highest BCUT2D eigenvalue weighted by Crippen LogP contribution is 2.25. The first-order chi connectivity index (χ1) is 11.9. The number of thiazole rings is 1. The van der Waals surface area contributed by atoms with Crippen LogP contribution in [0.2, 0.25) is 0 Å². The van der Waals surface area contributed by atoms with Crippen LogP contribution < -0.4 is 10.2 Å². The van der Waals surface area contributed by atoms with E-state index in [1.807, 2.05) is 5.51 Å². The molecule has 2 aliphatic rings. The number of nitrogens with one attached hydrogen (secondary N) is 1. The molecule has 1 aromatic heterocycles. The van der Waals surface area contributed by atoms with Crippen molar-refractivity contribution in [3.8, 4) is 11.3 Å². The van der Waals surface area contributed by atoms with Gasteiger partial charge in [-0.25, -0.2) is 4.98 Å². The van der Waals surface area contributed by atoms with Gasteiger partial charge in [0, 0.05) is 48.4 Å². The number of benzene rings is 1. The average Bonchev–Trinajstić information content (AvgIpc) is 3.18. The summed E-state index contributed by atoms with van der Waals surface area (Å²) in [6.45, 7) is 4.08. The standard InChI is InChI=1S/C19H25N3OS/c1-2-17(12-23-11-1)21-16-7-9-22(10-8-16)18-5-3-15(4-6-18)19-13-24-14-20-19/h3-6,13-14,16-17,21H,1-2,7-12H2/t17-/m0/s1. The number of aromatic nitrogens is 1. The van der Waals surface area contributed by atoms with E-state index in [-0.39, 0.29) is 0 Å². The molecule has 128 valence electrons. The first kappa shape index (κ1) is 16.1. The fraction of sp³-hybridized carbons (Fsp3) is 0.526. The zero-order chi connectivity index (χ0) is 16.2. The summed E-state index contributed by atoms with van der Waals surface area (Å²) in [6, 6.07) is 10.0. The van der Waals surface area contributed by atoms with Crippen LogP contribution in [0.3, 0.4) is 0 Å². The Morgan fingerprint density at radius 1 is 1.08 bits per heavy atom. The Morgan fingerprint density at radius 3 is 2.58 bits per heavy atom. The number of nitrogens with zero attached hydrogens (tertiary/aromatic N) is 2. The molecule has 1 atom stereocenters. The molecule has 2 aliphatic heterocycles. The molecule has 3 heterocycles. The molecule has 0 amide bonds. The molecule has 0 radical (unpaired) electrons. The minimum atomic E-state index is 0.563. The topological polar surface area (TPSA) is 37.4 Å². The summed E-state index contributed by atoms with van der Waals surface area (Å²) in [7, 11) is 0. The minimum absolute atomic E-state index is 0.563. The lowest BCUT2D eigenvalue weighted by Gasteiger charge is -2.36. The maximum absolute atomic E-state index is 5.58. The molecule has 2 aromatic rings.